The summed E-state index contributed by atoms with van der Waals surface area (Å²) in [4.78, 5) is 8.13. The van der Waals surface area contributed by atoms with Gasteiger partial charge in [0.2, 0.25) is 0 Å². The average Bonchev–Trinajstić information content (AvgIpc) is 3.21. The molecule has 0 spiro atoms. The van der Waals surface area contributed by atoms with Crippen molar-refractivity contribution in [1.82, 2.24) is 15.1 Å². The monoisotopic (exact) mass is 417 g/mol. The van der Waals surface area contributed by atoms with Crippen molar-refractivity contribution in [2.75, 3.05) is 11.5 Å². The van der Waals surface area contributed by atoms with Crippen molar-refractivity contribution in [3.63, 3.8) is 0 Å². The predicted octanol–water partition coefficient (Wildman–Crippen LogP) is 5.10. The fraction of sp³-hybridized carbons (Fsp3) is 0.208. The van der Waals surface area contributed by atoms with Crippen molar-refractivity contribution < 1.29 is 9.26 Å². The van der Waals surface area contributed by atoms with Crippen molar-refractivity contribution in [2.24, 2.45) is 0 Å². The number of aromatic nitrogens is 3. The first-order valence-corrected chi connectivity index (χ1v) is 10.1. The summed E-state index contributed by atoms with van der Waals surface area (Å²) < 4.78 is 11.3. The number of unbranched alkanes of at least 4 members (excludes halogenated alkanes) is 1. The molecule has 3 aromatic heterocycles. The maximum absolute atomic E-state index is 5.96. The zero-order valence-electron chi connectivity index (χ0n) is 17.8. The van der Waals surface area contributed by atoms with E-state index in [1.54, 1.807) is 24.5 Å². The van der Waals surface area contributed by atoms with Crippen molar-refractivity contribution in [3.05, 3.63) is 84.1 Å². The van der Waals surface area contributed by atoms with E-state index in [2.05, 4.69) is 34.2 Å². The van der Waals surface area contributed by atoms with Crippen LogP contribution in [0.25, 0.3) is 11.3 Å². The van der Waals surface area contributed by atoms with Gasteiger partial charge in [0.05, 0.1) is 17.5 Å². The van der Waals surface area contributed by atoms with E-state index in [1.165, 1.54) is 0 Å². The fourth-order valence-corrected chi connectivity index (χ4v) is 2.86. The van der Waals surface area contributed by atoms with Gasteiger partial charge in [-0.15, -0.1) is 0 Å². The Morgan fingerprint density at radius 2 is 2.06 bits per heavy atom. The number of rotatable bonds is 9. The molecule has 4 N–H and O–H groups in total. The lowest BCUT2D eigenvalue weighted by Crippen LogP contribution is -1.97. The number of hydrogen-bond donors (Lipinski definition) is 2. The van der Waals surface area contributed by atoms with Crippen LogP contribution in [0.15, 0.2) is 82.9 Å². The number of allylic oxidation sites excluding steroid dienone is 6. The number of hydrogen-bond acceptors (Lipinski definition) is 7. The first kappa shape index (κ1) is 21.8. The molecule has 3 heterocycles. The Bertz CT molecular complexity index is 1080. The van der Waals surface area contributed by atoms with Crippen LogP contribution >= 0.6 is 0 Å². The lowest BCUT2D eigenvalue weighted by molar-refractivity contribution is 0.425. The molecule has 160 valence electrons. The van der Waals surface area contributed by atoms with E-state index in [-0.39, 0.29) is 0 Å². The van der Waals surface area contributed by atoms with Crippen LogP contribution in [-0.2, 0) is 6.42 Å². The Morgan fingerprint density at radius 1 is 1.19 bits per heavy atom. The minimum Gasteiger partial charge on any atom is -0.460 e. The number of nitrogens with two attached hydrogens (primary N) is 2. The van der Waals surface area contributed by atoms with Crippen LogP contribution in [0.5, 0.6) is 5.75 Å². The molecule has 7 heteroatoms. The van der Waals surface area contributed by atoms with E-state index in [0.717, 1.165) is 29.9 Å². The molecule has 0 amide bonds. The summed E-state index contributed by atoms with van der Waals surface area (Å²) in [5.74, 6) is 2.69. The van der Waals surface area contributed by atoms with E-state index < -0.39 is 0 Å². The third-order valence-corrected chi connectivity index (χ3v) is 4.39. The van der Waals surface area contributed by atoms with Crippen LogP contribution < -0.4 is 16.2 Å². The Labute approximate surface area is 182 Å². The molecule has 0 aromatic carbocycles. The van der Waals surface area contributed by atoms with Gasteiger partial charge >= 0.3 is 0 Å². The van der Waals surface area contributed by atoms with E-state index in [4.69, 9.17) is 20.7 Å². The fourth-order valence-electron chi connectivity index (χ4n) is 2.86. The van der Waals surface area contributed by atoms with Gasteiger partial charge in [-0.25, -0.2) is 4.98 Å². The molecule has 0 radical (unpaired) electrons. The zero-order chi connectivity index (χ0) is 22.1. The summed E-state index contributed by atoms with van der Waals surface area (Å²) in [5, 5.41) is 4.19. The van der Waals surface area contributed by atoms with Gasteiger partial charge in [0.25, 0.3) is 0 Å². The molecule has 0 aliphatic heterocycles. The maximum atomic E-state index is 5.96. The molecule has 0 aliphatic carbocycles. The second-order valence-corrected chi connectivity index (χ2v) is 7.03. The summed E-state index contributed by atoms with van der Waals surface area (Å²) in [6, 6.07) is 9.03. The van der Waals surface area contributed by atoms with Crippen molar-refractivity contribution in [1.29, 1.82) is 0 Å². The first-order valence-electron chi connectivity index (χ1n) is 10.1. The smallest absolute Gasteiger partial charge is 0.170 e. The third kappa shape index (κ3) is 6.57. The van der Waals surface area contributed by atoms with Crippen molar-refractivity contribution >= 4 is 11.6 Å². The highest BCUT2D eigenvalue weighted by atomic mass is 16.5. The lowest BCUT2D eigenvalue weighted by Gasteiger charge is -2.04. The molecular formula is C24H27N5O2. The molecule has 3 aromatic rings. The van der Waals surface area contributed by atoms with Crippen LogP contribution in [0, 0.1) is 0 Å². The van der Waals surface area contributed by atoms with Crippen LogP contribution in [0.1, 0.15) is 32.4 Å². The van der Waals surface area contributed by atoms with Crippen LogP contribution in [0.2, 0.25) is 0 Å². The van der Waals surface area contributed by atoms with Gasteiger partial charge in [-0.2, -0.15) is 0 Å². The van der Waals surface area contributed by atoms with Gasteiger partial charge in [0.1, 0.15) is 23.1 Å². The van der Waals surface area contributed by atoms with Crippen LogP contribution in [0.4, 0.5) is 11.6 Å². The van der Waals surface area contributed by atoms with Gasteiger partial charge in [0.15, 0.2) is 5.76 Å². The van der Waals surface area contributed by atoms with Gasteiger partial charge < -0.3 is 20.7 Å². The largest absolute Gasteiger partial charge is 0.460 e. The molecule has 31 heavy (non-hydrogen) atoms. The highest BCUT2D eigenvalue weighted by Crippen LogP contribution is 2.26. The predicted molar refractivity (Wildman–Crippen MR) is 123 cm³/mol. The normalized spacial score (nSPS) is 12.5. The maximum Gasteiger partial charge on any atom is 0.170 e. The van der Waals surface area contributed by atoms with E-state index in [9.17, 15) is 0 Å². The second kappa shape index (κ2) is 10.8. The molecule has 0 saturated carbocycles. The first-order chi connectivity index (χ1) is 15.0. The number of ether oxygens (including phenoxy) is 1. The quantitative estimate of drug-likeness (QED) is 0.367. The van der Waals surface area contributed by atoms with E-state index >= 15 is 0 Å². The lowest BCUT2D eigenvalue weighted by atomic mass is 10.1. The van der Waals surface area contributed by atoms with Crippen molar-refractivity contribution in [2.45, 2.75) is 33.1 Å². The average molecular weight is 418 g/mol. The molecule has 0 unspecified atom stereocenters. The molecule has 0 atom stereocenters. The second-order valence-electron chi connectivity index (χ2n) is 7.03. The number of nitrogen functional groups attached to an aromatic ring is 2. The molecule has 3 rings (SSSR count). The van der Waals surface area contributed by atoms with Gasteiger partial charge in [-0.3, -0.25) is 4.98 Å². The summed E-state index contributed by atoms with van der Waals surface area (Å²) in [7, 11) is 0. The van der Waals surface area contributed by atoms with E-state index in [1.807, 2.05) is 37.3 Å². The van der Waals surface area contributed by atoms with Gasteiger partial charge in [-0.05, 0) is 49.3 Å². The Balaban J connectivity index is 1.77. The summed E-state index contributed by atoms with van der Waals surface area (Å²) in [6.07, 6.45) is 14.3. The van der Waals surface area contributed by atoms with Gasteiger partial charge in [-0.1, -0.05) is 36.7 Å². The summed E-state index contributed by atoms with van der Waals surface area (Å²) >= 11 is 0. The highest BCUT2D eigenvalue weighted by molar-refractivity contribution is 5.71. The van der Waals surface area contributed by atoms with Crippen LogP contribution in [-0.4, -0.2) is 15.1 Å². The van der Waals surface area contributed by atoms with Crippen molar-refractivity contribution in [3.8, 4) is 17.1 Å². The molecule has 7 nitrogen and oxygen atoms in total. The number of pyridine rings is 2. The molecule has 0 saturated heterocycles. The minimum atomic E-state index is 0.312. The Hall–Kier alpha value is -3.87. The standard InChI is InChI=1S/C24H27N5O2/c1-3-4-5-7-18(10-9-17(2)30-20-8-6-13-27-16-20)14-19-15-22(31-29-19)21-11-12-23(25)28-24(21)26/h5-13,15-16H,3-4,14H2,1-2H3,(H4,25,26,28)/b7-5+,17-9+,18-10+. The molecular weight excluding hydrogens is 390 g/mol. The molecule has 0 fully saturated rings. The van der Waals surface area contributed by atoms with Gasteiger partial charge in [0, 0.05) is 18.7 Å². The zero-order valence-corrected chi connectivity index (χ0v) is 17.8. The SMILES string of the molecule is CCC/C=C/C(=C\C=C(/C)Oc1cccnc1)Cc1cc(-c2ccc(N)nc2N)on1. The topological polar surface area (TPSA) is 113 Å². The third-order valence-electron chi connectivity index (χ3n) is 4.39. The van der Waals surface area contributed by atoms with E-state index in [0.29, 0.717) is 35.1 Å². The summed E-state index contributed by atoms with van der Waals surface area (Å²) in [6.45, 7) is 4.05. The minimum absolute atomic E-state index is 0.312. The number of nitrogens with zero attached hydrogens (tertiary/aromatic N) is 3. The van der Waals surface area contributed by atoms with Crippen LogP contribution in [0.3, 0.4) is 0 Å². The number of anilines is 2. The Morgan fingerprint density at radius 3 is 2.81 bits per heavy atom. The summed E-state index contributed by atoms with van der Waals surface area (Å²) in [5.41, 5.74) is 14.2. The molecule has 0 aliphatic rings. The highest BCUT2D eigenvalue weighted by Gasteiger charge is 2.11. The Kier molecular flexibility index (Phi) is 7.59. The molecule has 0 bridgehead atoms.